The van der Waals surface area contributed by atoms with Crippen LogP contribution < -0.4 is 5.32 Å². The van der Waals surface area contributed by atoms with Crippen LogP contribution >= 0.6 is 0 Å². The highest BCUT2D eigenvalue weighted by molar-refractivity contribution is 5.74. The normalized spacial score (nSPS) is 18.1. The molecule has 1 saturated heterocycles. The van der Waals surface area contributed by atoms with Crippen molar-refractivity contribution in [1.29, 1.82) is 0 Å². The zero-order valence-electron chi connectivity index (χ0n) is 12.8. The standard InChI is InChI=1S/C16H22N4O2/c1-12-4-2-8-19-10-13(18-15(12)19)6-7-17-16(22)20-9-3-5-14(20)11-21/h2,4,8,10,14,21H,3,5-7,9,11H2,1H3,(H,17,22)/t14-/m0/s1. The van der Waals surface area contributed by atoms with Crippen molar-refractivity contribution >= 4 is 11.7 Å². The van der Waals surface area contributed by atoms with Crippen LogP contribution in [0.15, 0.2) is 24.5 Å². The minimum absolute atomic E-state index is 0.0298. The monoisotopic (exact) mass is 302 g/mol. The first-order valence-electron chi connectivity index (χ1n) is 7.77. The number of imidazole rings is 1. The molecule has 0 spiro atoms. The molecule has 0 aromatic carbocycles. The summed E-state index contributed by atoms with van der Waals surface area (Å²) in [5.74, 6) is 0. The molecule has 2 N–H and O–H groups in total. The first-order chi connectivity index (χ1) is 10.7. The fourth-order valence-electron chi connectivity index (χ4n) is 3.02. The number of aliphatic hydroxyl groups is 1. The molecule has 0 aliphatic carbocycles. The molecule has 3 heterocycles. The van der Waals surface area contributed by atoms with Gasteiger partial charge >= 0.3 is 6.03 Å². The van der Waals surface area contributed by atoms with Crippen LogP contribution in [0.1, 0.15) is 24.1 Å². The Kier molecular flexibility index (Phi) is 4.29. The van der Waals surface area contributed by atoms with Crippen LogP contribution in [0.4, 0.5) is 4.79 Å². The Morgan fingerprint density at radius 1 is 1.55 bits per heavy atom. The van der Waals surface area contributed by atoms with Gasteiger partial charge in [-0.25, -0.2) is 9.78 Å². The van der Waals surface area contributed by atoms with Gasteiger partial charge in [0.15, 0.2) is 0 Å². The minimum Gasteiger partial charge on any atom is -0.394 e. The Balaban J connectivity index is 1.56. The Hall–Kier alpha value is -2.08. The largest absolute Gasteiger partial charge is 0.394 e. The maximum absolute atomic E-state index is 12.1. The van der Waals surface area contributed by atoms with Crippen molar-refractivity contribution in [3.63, 3.8) is 0 Å². The van der Waals surface area contributed by atoms with Gasteiger partial charge in [0.05, 0.1) is 18.3 Å². The number of amides is 2. The van der Waals surface area contributed by atoms with E-state index in [1.54, 1.807) is 4.90 Å². The lowest BCUT2D eigenvalue weighted by molar-refractivity contribution is 0.157. The quantitative estimate of drug-likeness (QED) is 0.896. The predicted molar refractivity (Wildman–Crippen MR) is 83.8 cm³/mol. The lowest BCUT2D eigenvalue weighted by atomic mass is 10.2. The van der Waals surface area contributed by atoms with Gasteiger partial charge in [-0.05, 0) is 31.4 Å². The van der Waals surface area contributed by atoms with E-state index in [1.807, 2.05) is 35.9 Å². The van der Waals surface area contributed by atoms with E-state index in [1.165, 1.54) is 0 Å². The highest BCUT2D eigenvalue weighted by atomic mass is 16.3. The topological polar surface area (TPSA) is 69.9 Å². The van der Waals surface area contributed by atoms with Gasteiger partial charge in [0.25, 0.3) is 0 Å². The molecule has 1 fully saturated rings. The van der Waals surface area contributed by atoms with Gasteiger partial charge in [-0.1, -0.05) is 6.07 Å². The van der Waals surface area contributed by atoms with Crippen LogP contribution in [0.3, 0.4) is 0 Å². The summed E-state index contributed by atoms with van der Waals surface area (Å²) >= 11 is 0. The number of aliphatic hydroxyl groups excluding tert-OH is 1. The van der Waals surface area contributed by atoms with Gasteiger partial charge < -0.3 is 19.7 Å². The number of carbonyl (C=O) groups is 1. The van der Waals surface area contributed by atoms with E-state index in [0.717, 1.165) is 36.3 Å². The van der Waals surface area contributed by atoms with Crippen molar-refractivity contribution in [3.8, 4) is 0 Å². The molecule has 2 aromatic rings. The number of hydrogen-bond donors (Lipinski definition) is 2. The first kappa shape index (κ1) is 14.8. The number of fused-ring (bicyclic) bond motifs is 1. The number of carbonyl (C=O) groups excluding carboxylic acids is 1. The third kappa shape index (κ3) is 2.92. The fourth-order valence-corrected chi connectivity index (χ4v) is 3.02. The van der Waals surface area contributed by atoms with E-state index in [4.69, 9.17) is 0 Å². The molecular formula is C16H22N4O2. The molecule has 0 radical (unpaired) electrons. The Morgan fingerprint density at radius 2 is 2.41 bits per heavy atom. The molecule has 1 aliphatic heterocycles. The lowest BCUT2D eigenvalue weighted by Crippen LogP contribution is -2.44. The Morgan fingerprint density at radius 3 is 3.18 bits per heavy atom. The summed E-state index contributed by atoms with van der Waals surface area (Å²) in [5.41, 5.74) is 3.07. The summed E-state index contributed by atoms with van der Waals surface area (Å²) in [5, 5.41) is 12.2. The number of aromatic nitrogens is 2. The molecule has 3 rings (SSSR count). The van der Waals surface area contributed by atoms with E-state index in [2.05, 4.69) is 10.3 Å². The van der Waals surface area contributed by atoms with Crippen molar-refractivity contribution in [2.24, 2.45) is 0 Å². The average molecular weight is 302 g/mol. The second kappa shape index (κ2) is 6.36. The van der Waals surface area contributed by atoms with E-state index >= 15 is 0 Å². The lowest BCUT2D eigenvalue weighted by Gasteiger charge is -2.23. The summed E-state index contributed by atoms with van der Waals surface area (Å²) in [6, 6.07) is 3.92. The van der Waals surface area contributed by atoms with Crippen molar-refractivity contribution in [2.75, 3.05) is 19.7 Å². The highest BCUT2D eigenvalue weighted by Crippen LogP contribution is 2.16. The summed E-state index contributed by atoms with van der Waals surface area (Å²) in [7, 11) is 0. The predicted octanol–water partition coefficient (Wildman–Crippen LogP) is 1.35. The maximum atomic E-state index is 12.1. The van der Waals surface area contributed by atoms with E-state index in [-0.39, 0.29) is 18.7 Å². The van der Waals surface area contributed by atoms with Gasteiger partial charge in [0.1, 0.15) is 5.65 Å². The summed E-state index contributed by atoms with van der Waals surface area (Å²) < 4.78 is 2.01. The number of nitrogens with one attached hydrogen (secondary N) is 1. The van der Waals surface area contributed by atoms with Gasteiger partial charge in [-0.15, -0.1) is 0 Å². The second-order valence-corrected chi connectivity index (χ2v) is 5.81. The number of hydrogen-bond acceptors (Lipinski definition) is 3. The van der Waals surface area contributed by atoms with Crippen LogP contribution in [0, 0.1) is 6.92 Å². The molecule has 118 valence electrons. The molecule has 1 aliphatic rings. The number of pyridine rings is 1. The van der Waals surface area contributed by atoms with Crippen molar-refractivity contribution in [2.45, 2.75) is 32.2 Å². The number of likely N-dealkylation sites (tertiary alicyclic amines) is 1. The fraction of sp³-hybridized carbons (Fsp3) is 0.500. The Bertz CT molecular complexity index is 667. The van der Waals surface area contributed by atoms with Crippen molar-refractivity contribution < 1.29 is 9.90 Å². The third-order valence-corrected chi connectivity index (χ3v) is 4.23. The van der Waals surface area contributed by atoms with Crippen molar-refractivity contribution in [1.82, 2.24) is 19.6 Å². The molecule has 6 nitrogen and oxygen atoms in total. The maximum Gasteiger partial charge on any atom is 0.317 e. The van der Waals surface area contributed by atoms with Crippen LogP contribution in [0.2, 0.25) is 0 Å². The minimum atomic E-state index is -0.0866. The van der Waals surface area contributed by atoms with Crippen LogP contribution in [0.5, 0.6) is 0 Å². The molecule has 2 aromatic heterocycles. The van der Waals surface area contributed by atoms with Crippen molar-refractivity contribution in [3.05, 3.63) is 35.8 Å². The molecular weight excluding hydrogens is 280 g/mol. The van der Waals surface area contributed by atoms with Crippen LogP contribution in [-0.2, 0) is 6.42 Å². The van der Waals surface area contributed by atoms with E-state index < -0.39 is 0 Å². The summed E-state index contributed by atoms with van der Waals surface area (Å²) in [4.78, 5) is 18.4. The smallest absolute Gasteiger partial charge is 0.317 e. The molecule has 1 atom stereocenters. The van der Waals surface area contributed by atoms with Gasteiger partial charge in [-0.2, -0.15) is 0 Å². The third-order valence-electron chi connectivity index (χ3n) is 4.23. The summed E-state index contributed by atoms with van der Waals surface area (Å²) in [6.07, 6.45) is 6.53. The summed E-state index contributed by atoms with van der Waals surface area (Å²) in [6.45, 7) is 3.36. The molecule has 22 heavy (non-hydrogen) atoms. The van der Waals surface area contributed by atoms with Crippen LogP contribution in [-0.4, -0.2) is 51.2 Å². The molecule has 0 bridgehead atoms. The number of nitrogens with zero attached hydrogens (tertiary/aromatic N) is 3. The second-order valence-electron chi connectivity index (χ2n) is 5.81. The zero-order chi connectivity index (χ0) is 15.5. The molecule has 0 unspecified atom stereocenters. The first-order valence-corrected chi connectivity index (χ1v) is 7.77. The number of urea groups is 1. The van der Waals surface area contributed by atoms with Gasteiger partial charge in [0.2, 0.25) is 0 Å². The molecule has 2 amide bonds. The van der Waals surface area contributed by atoms with E-state index in [0.29, 0.717) is 13.0 Å². The number of aryl methyl sites for hydroxylation is 1. The highest BCUT2D eigenvalue weighted by Gasteiger charge is 2.27. The SMILES string of the molecule is Cc1cccn2cc(CCNC(=O)N3CCC[C@H]3CO)nc12. The molecule has 0 saturated carbocycles. The number of rotatable bonds is 4. The average Bonchev–Trinajstić information content (AvgIpc) is 3.13. The van der Waals surface area contributed by atoms with Gasteiger partial charge in [-0.3, -0.25) is 0 Å². The van der Waals surface area contributed by atoms with E-state index in [9.17, 15) is 9.90 Å². The van der Waals surface area contributed by atoms with Gasteiger partial charge in [0, 0.05) is 31.9 Å². The van der Waals surface area contributed by atoms with Crippen LogP contribution in [0.25, 0.3) is 5.65 Å². The molecule has 6 heteroatoms. The Labute approximate surface area is 129 Å². The zero-order valence-corrected chi connectivity index (χ0v) is 12.8.